The van der Waals surface area contributed by atoms with E-state index < -0.39 is 18.3 Å². The molecule has 4 aromatic carbocycles. The van der Waals surface area contributed by atoms with Crippen molar-refractivity contribution in [3.63, 3.8) is 0 Å². The first-order valence-corrected chi connectivity index (χ1v) is 15.8. The highest BCUT2D eigenvalue weighted by Crippen LogP contribution is 2.42. The second kappa shape index (κ2) is 15.3. The monoisotopic (exact) mass is 625 g/mol. The Balaban J connectivity index is 1.35. The molecule has 1 aliphatic heterocycles. The lowest BCUT2D eigenvalue weighted by Gasteiger charge is -2.43. The smallest absolute Gasteiger partial charge is 0.325 e. The van der Waals surface area contributed by atoms with Gasteiger partial charge in [0.05, 0.1) is 25.4 Å². The number of nitrogens with one attached hydrogen (secondary N) is 2. The number of aliphatic hydroxyl groups is 1. The largest absolute Gasteiger partial charge is 0.465 e. The van der Waals surface area contributed by atoms with Crippen LogP contribution in [-0.2, 0) is 25.6 Å². The highest BCUT2D eigenvalue weighted by Gasteiger charge is 2.39. The topological polar surface area (TPSA) is 109 Å². The van der Waals surface area contributed by atoms with Crippen LogP contribution in [0.15, 0.2) is 91.0 Å². The minimum Gasteiger partial charge on any atom is -0.465 e. The molecule has 0 saturated carbocycles. The molecule has 4 aromatic rings. The van der Waals surface area contributed by atoms with E-state index in [2.05, 4.69) is 78.9 Å². The lowest BCUT2D eigenvalue weighted by molar-refractivity contribution is -0.276. The zero-order valence-electron chi connectivity index (χ0n) is 26.8. The zero-order valence-corrected chi connectivity index (χ0v) is 26.8. The molecule has 242 valence electrons. The molecule has 1 saturated heterocycles. The standard InChI is InChI=1S/C37H43N3O6/c1-5-44-34(42)21-38-37(43)39-32-12-8-11-31(20-32)36-45-33(24(2)35(46-36)28-15-13-26(23-41)14-16-28)22-40(4)25(3)29-18-17-27-9-6-7-10-30(27)19-29/h6-20,24-25,33,35-36,41H,5,21-23H2,1-4H3,(H2,38,39,43)/t24-,25-,33+,35+,36+/m1/s1. The van der Waals surface area contributed by atoms with Gasteiger partial charge in [-0.15, -0.1) is 0 Å². The van der Waals surface area contributed by atoms with E-state index in [-0.39, 0.29) is 43.9 Å². The van der Waals surface area contributed by atoms with Gasteiger partial charge in [-0.2, -0.15) is 0 Å². The molecule has 46 heavy (non-hydrogen) atoms. The molecule has 0 aliphatic carbocycles. The number of anilines is 1. The molecule has 0 radical (unpaired) electrons. The van der Waals surface area contributed by atoms with Crippen LogP contribution in [0.3, 0.4) is 0 Å². The minimum absolute atomic E-state index is 0.0115. The maximum Gasteiger partial charge on any atom is 0.325 e. The number of hydrogen-bond donors (Lipinski definition) is 3. The number of esters is 1. The van der Waals surface area contributed by atoms with Crippen LogP contribution >= 0.6 is 0 Å². The van der Waals surface area contributed by atoms with Gasteiger partial charge in [0.25, 0.3) is 0 Å². The van der Waals surface area contributed by atoms with Crippen molar-refractivity contribution in [2.45, 2.75) is 51.9 Å². The number of hydrogen-bond acceptors (Lipinski definition) is 7. The summed E-state index contributed by atoms with van der Waals surface area (Å²) in [5, 5.41) is 17.3. The molecular weight excluding hydrogens is 582 g/mol. The van der Waals surface area contributed by atoms with Gasteiger partial charge in [-0.3, -0.25) is 9.69 Å². The van der Waals surface area contributed by atoms with E-state index in [1.807, 2.05) is 42.5 Å². The Morgan fingerprint density at radius 1 is 0.935 bits per heavy atom. The second-order valence-corrected chi connectivity index (χ2v) is 11.8. The number of rotatable bonds is 11. The van der Waals surface area contributed by atoms with Gasteiger partial charge >= 0.3 is 12.0 Å². The molecule has 1 heterocycles. The van der Waals surface area contributed by atoms with E-state index in [0.717, 1.165) is 16.7 Å². The van der Waals surface area contributed by atoms with Crippen LogP contribution in [-0.4, -0.2) is 54.9 Å². The van der Waals surface area contributed by atoms with Crippen LogP contribution in [0.4, 0.5) is 10.5 Å². The van der Waals surface area contributed by atoms with Crippen LogP contribution in [0.2, 0.25) is 0 Å². The Labute approximate surface area is 270 Å². The van der Waals surface area contributed by atoms with Gasteiger partial charge in [-0.25, -0.2) is 4.79 Å². The summed E-state index contributed by atoms with van der Waals surface area (Å²) in [5.74, 6) is -0.494. The van der Waals surface area contributed by atoms with Crippen LogP contribution in [0.5, 0.6) is 0 Å². The number of nitrogens with zero attached hydrogens (tertiary/aromatic N) is 1. The molecule has 0 unspecified atom stereocenters. The normalized spacial score (nSPS) is 20.3. The fourth-order valence-electron chi connectivity index (χ4n) is 5.79. The van der Waals surface area contributed by atoms with Gasteiger partial charge < -0.3 is 30.0 Å². The average molecular weight is 626 g/mol. The Morgan fingerprint density at radius 3 is 2.43 bits per heavy atom. The third kappa shape index (κ3) is 8.10. The molecule has 5 atom stereocenters. The maximum atomic E-state index is 12.5. The summed E-state index contributed by atoms with van der Waals surface area (Å²) < 4.78 is 18.2. The summed E-state index contributed by atoms with van der Waals surface area (Å²) in [4.78, 5) is 26.4. The number of ether oxygens (including phenoxy) is 3. The number of urea groups is 1. The van der Waals surface area contributed by atoms with Crippen molar-refractivity contribution in [1.82, 2.24) is 10.2 Å². The molecule has 0 spiro atoms. The lowest BCUT2D eigenvalue weighted by Crippen LogP contribution is -2.44. The van der Waals surface area contributed by atoms with E-state index in [1.165, 1.54) is 16.3 Å². The molecule has 0 aromatic heterocycles. The summed E-state index contributed by atoms with van der Waals surface area (Å²) in [5.41, 5.74) is 4.35. The summed E-state index contributed by atoms with van der Waals surface area (Å²) in [6, 6.07) is 29.8. The molecule has 9 heteroatoms. The van der Waals surface area contributed by atoms with E-state index in [1.54, 1.807) is 13.0 Å². The lowest BCUT2D eigenvalue weighted by atomic mass is 9.89. The molecular formula is C37H43N3O6. The SMILES string of the molecule is CCOC(=O)CNC(=O)Nc1cccc([C@H]2O[C@@H](CN(C)[C@H](C)c3ccc4ccccc4c3)[C@@H](C)[C@@H](c3ccc(CO)cc3)O2)c1. The maximum absolute atomic E-state index is 12.5. The van der Waals surface area contributed by atoms with Crippen molar-refractivity contribution < 1.29 is 28.9 Å². The summed E-state index contributed by atoms with van der Waals surface area (Å²) in [6.07, 6.45) is -1.15. The average Bonchev–Trinajstić information content (AvgIpc) is 3.08. The van der Waals surface area contributed by atoms with Crippen molar-refractivity contribution in [2.75, 3.05) is 32.1 Å². The number of likely N-dealkylation sites (N-methyl/N-ethyl adjacent to an activating group) is 1. The Hall–Kier alpha value is -4.28. The highest BCUT2D eigenvalue weighted by atomic mass is 16.7. The van der Waals surface area contributed by atoms with E-state index in [9.17, 15) is 14.7 Å². The van der Waals surface area contributed by atoms with Crippen LogP contribution in [0.25, 0.3) is 10.8 Å². The molecule has 1 aliphatic rings. The second-order valence-electron chi connectivity index (χ2n) is 11.8. The number of fused-ring (bicyclic) bond motifs is 1. The number of aliphatic hydroxyl groups excluding tert-OH is 1. The predicted octanol–water partition coefficient (Wildman–Crippen LogP) is 6.50. The Morgan fingerprint density at radius 2 is 1.70 bits per heavy atom. The molecule has 0 bridgehead atoms. The molecule has 5 rings (SSSR count). The van der Waals surface area contributed by atoms with Crippen molar-refractivity contribution in [1.29, 1.82) is 0 Å². The number of amides is 2. The fourth-order valence-corrected chi connectivity index (χ4v) is 5.79. The van der Waals surface area contributed by atoms with E-state index >= 15 is 0 Å². The molecule has 1 fully saturated rings. The van der Waals surface area contributed by atoms with Crippen molar-refractivity contribution >= 4 is 28.5 Å². The van der Waals surface area contributed by atoms with Crippen molar-refractivity contribution in [2.24, 2.45) is 5.92 Å². The summed E-state index contributed by atoms with van der Waals surface area (Å²) in [7, 11) is 2.12. The Kier molecular flexibility index (Phi) is 11.0. The quantitative estimate of drug-likeness (QED) is 0.163. The number of carbonyl (C=O) groups excluding carboxylic acids is 2. The van der Waals surface area contributed by atoms with Gasteiger partial charge in [-0.1, -0.05) is 79.7 Å². The van der Waals surface area contributed by atoms with Crippen LogP contribution < -0.4 is 10.6 Å². The molecule has 3 N–H and O–H groups in total. The van der Waals surface area contributed by atoms with Gasteiger partial charge in [0.2, 0.25) is 0 Å². The minimum atomic E-state index is -0.697. The van der Waals surface area contributed by atoms with Gasteiger partial charge in [0.1, 0.15) is 6.54 Å². The summed E-state index contributed by atoms with van der Waals surface area (Å²) >= 11 is 0. The first-order chi connectivity index (χ1) is 22.2. The third-order valence-electron chi connectivity index (χ3n) is 8.62. The predicted molar refractivity (Wildman–Crippen MR) is 178 cm³/mol. The van der Waals surface area contributed by atoms with E-state index in [4.69, 9.17) is 14.2 Å². The van der Waals surface area contributed by atoms with Crippen LogP contribution in [0.1, 0.15) is 61.5 Å². The zero-order chi connectivity index (χ0) is 32.6. The van der Waals surface area contributed by atoms with Gasteiger partial charge in [-0.05, 0) is 66.6 Å². The van der Waals surface area contributed by atoms with E-state index in [0.29, 0.717) is 12.2 Å². The molecule has 2 amide bonds. The fraction of sp³-hybridized carbons (Fsp3) is 0.351. The summed E-state index contributed by atoms with van der Waals surface area (Å²) in [6.45, 7) is 6.72. The first kappa shape index (κ1) is 33.1. The Bertz CT molecular complexity index is 1630. The van der Waals surface area contributed by atoms with Crippen LogP contribution in [0, 0.1) is 5.92 Å². The highest BCUT2D eigenvalue weighted by molar-refractivity contribution is 5.91. The van der Waals surface area contributed by atoms with Crippen molar-refractivity contribution in [3.05, 3.63) is 113 Å². The number of benzene rings is 4. The molecule has 9 nitrogen and oxygen atoms in total. The van der Waals surface area contributed by atoms with Gasteiger partial charge in [0, 0.05) is 29.8 Å². The third-order valence-corrected chi connectivity index (χ3v) is 8.62. The number of carbonyl (C=O) groups is 2. The van der Waals surface area contributed by atoms with Gasteiger partial charge in [0.15, 0.2) is 6.29 Å². The first-order valence-electron chi connectivity index (χ1n) is 15.8. The van der Waals surface area contributed by atoms with Crippen molar-refractivity contribution in [3.8, 4) is 0 Å².